The van der Waals surface area contributed by atoms with E-state index in [9.17, 15) is 110 Å². The summed E-state index contributed by atoms with van der Waals surface area (Å²) in [6.07, 6.45) is -18.5. The van der Waals surface area contributed by atoms with Gasteiger partial charge in [0.25, 0.3) is 0 Å². The van der Waals surface area contributed by atoms with Gasteiger partial charge in [0.05, 0.1) is 26.4 Å². The molecule has 2 heterocycles. The van der Waals surface area contributed by atoms with Crippen LogP contribution in [0.4, 0.5) is 110 Å². The van der Waals surface area contributed by atoms with E-state index in [0.717, 1.165) is 0 Å². The van der Waals surface area contributed by atoms with Gasteiger partial charge in [0.2, 0.25) is 0 Å². The third-order valence-corrected chi connectivity index (χ3v) is 7.11. The molecule has 0 N–H and O–H groups in total. The number of rotatable bonds is 20. The molecule has 4 unspecified atom stereocenters. The maximum absolute atomic E-state index is 14.7. The predicted molar refractivity (Wildman–Crippen MR) is 111 cm³/mol. The SMILES string of the molecule is COC(OCC1CO1)C(CC(F)(F)C(F)(F)C(F)(F)C(F)(F)C(F)(F)C(F)(F)C(F)(F)C(F)(F)C(F)(F)C(F)(F)C(F)(F)C(F)(F)F)OCC1CO1. The lowest BCUT2D eigenvalue weighted by molar-refractivity contribution is -0.482. The van der Waals surface area contributed by atoms with Crippen LogP contribution < -0.4 is 0 Å². The molecule has 0 saturated carbocycles. The number of hydrogen-bond donors (Lipinski definition) is 0. The van der Waals surface area contributed by atoms with Gasteiger partial charge in [-0.2, -0.15) is 110 Å². The molecule has 2 aliphatic rings. The minimum absolute atomic E-state index is 0.0860. The van der Waals surface area contributed by atoms with E-state index >= 15 is 0 Å². The topological polar surface area (TPSA) is 52.8 Å². The van der Waals surface area contributed by atoms with Gasteiger partial charge in [-0.3, -0.25) is 0 Å². The summed E-state index contributed by atoms with van der Waals surface area (Å²) in [6, 6.07) is 0. The lowest BCUT2D eigenvalue weighted by Gasteiger charge is -2.45. The lowest BCUT2D eigenvalue weighted by Crippen LogP contribution is -2.78. The van der Waals surface area contributed by atoms with Crippen molar-refractivity contribution in [2.45, 2.75) is 102 Å². The van der Waals surface area contributed by atoms with E-state index < -0.39 is 116 Å². The van der Waals surface area contributed by atoms with Crippen LogP contribution in [0.3, 0.4) is 0 Å². The fourth-order valence-electron chi connectivity index (χ4n) is 3.69. The van der Waals surface area contributed by atoms with Gasteiger partial charge in [-0.1, -0.05) is 0 Å². The van der Waals surface area contributed by atoms with Crippen LogP contribution >= 0.6 is 0 Å². The van der Waals surface area contributed by atoms with Crippen molar-refractivity contribution in [3.8, 4) is 0 Å². The third kappa shape index (κ3) is 6.91. The molecule has 0 aromatic rings. The van der Waals surface area contributed by atoms with Crippen LogP contribution in [0.25, 0.3) is 0 Å². The average Bonchev–Trinajstić information content (AvgIpc) is 3.90. The Hall–Kier alpha value is -1.95. The summed E-state index contributed by atoms with van der Waals surface area (Å²) in [6.45, 7) is -1.96. The molecular weight excluding hydrogens is 819 g/mol. The molecule has 2 saturated heterocycles. The molecule has 5 nitrogen and oxygen atoms in total. The van der Waals surface area contributed by atoms with Crippen molar-refractivity contribution in [3.63, 3.8) is 0 Å². The first kappa shape index (κ1) is 46.2. The number of epoxide rings is 2. The van der Waals surface area contributed by atoms with E-state index in [1.54, 1.807) is 0 Å². The molecular formula is C22H17F25O5. The zero-order valence-electron chi connectivity index (χ0n) is 24.3. The Morgan fingerprint density at radius 3 is 0.981 bits per heavy atom. The molecule has 0 bridgehead atoms. The van der Waals surface area contributed by atoms with Crippen LogP contribution in [0.2, 0.25) is 0 Å². The molecule has 2 fully saturated rings. The molecule has 0 aromatic heterocycles. The zero-order chi connectivity index (χ0) is 41.4. The summed E-state index contributed by atoms with van der Waals surface area (Å²) >= 11 is 0. The molecule has 4 atom stereocenters. The Labute approximate surface area is 270 Å². The van der Waals surface area contributed by atoms with Crippen molar-refractivity contribution in [3.05, 3.63) is 0 Å². The number of halogens is 25. The first-order valence-corrected chi connectivity index (χ1v) is 12.9. The summed E-state index contributed by atoms with van der Waals surface area (Å²) < 4.78 is 366. The van der Waals surface area contributed by atoms with Crippen LogP contribution in [0, 0.1) is 0 Å². The smallest absolute Gasteiger partial charge is 0.371 e. The van der Waals surface area contributed by atoms with Crippen molar-refractivity contribution < 1.29 is 133 Å². The Morgan fingerprint density at radius 2 is 0.712 bits per heavy atom. The van der Waals surface area contributed by atoms with Crippen LogP contribution in [-0.2, 0) is 23.7 Å². The highest BCUT2D eigenvalue weighted by Crippen LogP contribution is 2.68. The summed E-state index contributed by atoms with van der Waals surface area (Å²) in [5.41, 5.74) is 0. The van der Waals surface area contributed by atoms with E-state index in [1.165, 1.54) is 0 Å². The quantitative estimate of drug-likeness (QED) is 0.0706. The fraction of sp³-hybridized carbons (Fsp3) is 1.00. The van der Waals surface area contributed by atoms with E-state index in [1.807, 2.05) is 0 Å². The van der Waals surface area contributed by atoms with Gasteiger partial charge < -0.3 is 23.7 Å². The lowest BCUT2D eigenvalue weighted by atomic mass is 9.84. The number of methoxy groups -OCH3 is 1. The van der Waals surface area contributed by atoms with Crippen LogP contribution in [0.15, 0.2) is 0 Å². The van der Waals surface area contributed by atoms with E-state index in [0.29, 0.717) is 7.11 Å². The molecule has 0 amide bonds. The highest BCUT2D eigenvalue weighted by molar-refractivity contribution is 5.20. The summed E-state index contributed by atoms with van der Waals surface area (Å²) in [7, 11) is 0.518. The van der Waals surface area contributed by atoms with Gasteiger partial charge in [0, 0.05) is 13.5 Å². The van der Waals surface area contributed by atoms with Crippen molar-refractivity contribution in [1.29, 1.82) is 0 Å². The predicted octanol–water partition coefficient (Wildman–Crippen LogP) is 8.10. The number of hydrogen-bond acceptors (Lipinski definition) is 5. The molecule has 52 heavy (non-hydrogen) atoms. The van der Waals surface area contributed by atoms with Gasteiger partial charge >= 0.3 is 71.3 Å². The molecule has 2 rings (SSSR count). The molecule has 0 aromatic carbocycles. The van der Waals surface area contributed by atoms with E-state index in [-0.39, 0.29) is 13.2 Å². The van der Waals surface area contributed by atoms with Gasteiger partial charge in [0.1, 0.15) is 18.3 Å². The molecule has 30 heteroatoms. The normalized spacial score (nSPS) is 22.0. The van der Waals surface area contributed by atoms with Crippen molar-refractivity contribution in [2.75, 3.05) is 33.5 Å². The third-order valence-electron chi connectivity index (χ3n) is 7.11. The highest BCUT2D eigenvalue weighted by atomic mass is 19.4. The second-order valence-electron chi connectivity index (χ2n) is 10.9. The Balaban J connectivity index is 2.60. The Morgan fingerprint density at radius 1 is 0.442 bits per heavy atom. The van der Waals surface area contributed by atoms with Crippen molar-refractivity contribution in [2.24, 2.45) is 0 Å². The Kier molecular flexibility index (Phi) is 11.9. The van der Waals surface area contributed by atoms with Gasteiger partial charge in [0.15, 0.2) is 6.29 Å². The van der Waals surface area contributed by atoms with E-state index in [4.69, 9.17) is 4.74 Å². The fourth-order valence-corrected chi connectivity index (χ4v) is 3.69. The first-order valence-electron chi connectivity index (χ1n) is 12.9. The van der Waals surface area contributed by atoms with Gasteiger partial charge in [-0.15, -0.1) is 0 Å². The number of ether oxygens (including phenoxy) is 5. The standard InChI is InChI=1S/C22H17F25O5/c1-48-10(52-6-8-4-50-8)9(51-5-7-3-49-7)2-11(23,24)12(25,26)13(27,28)14(29,30)15(31,32)16(33,34)17(35,36)18(37,38)19(39,40)20(41,42)21(43,44)22(45,46)47/h7-10H,2-6H2,1H3. The highest BCUT2D eigenvalue weighted by Gasteiger charge is 2.99. The first-order chi connectivity index (χ1) is 22.7. The molecule has 0 aliphatic carbocycles. The zero-order valence-corrected chi connectivity index (χ0v) is 24.3. The summed E-state index contributed by atoms with van der Waals surface area (Å²) in [5, 5.41) is 0. The average molecular weight is 836 g/mol. The maximum atomic E-state index is 14.7. The summed E-state index contributed by atoms with van der Waals surface area (Å²) in [4.78, 5) is 0. The summed E-state index contributed by atoms with van der Waals surface area (Å²) in [5.74, 6) is -99.1. The minimum Gasteiger partial charge on any atom is -0.371 e. The largest absolute Gasteiger partial charge is 0.460 e. The van der Waals surface area contributed by atoms with Gasteiger partial charge in [-0.25, -0.2) is 0 Å². The molecule has 310 valence electrons. The maximum Gasteiger partial charge on any atom is 0.460 e. The van der Waals surface area contributed by atoms with E-state index in [2.05, 4.69) is 18.9 Å². The number of alkyl halides is 25. The second kappa shape index (κ2) is 13.4. The van der Waals surface area contributed by atoms with Crippen molar-refractivity contribution in [1.82, 2.24) is 0 Å². The Bertz CT molecular complexity index is 1240. The second-order valence-corrected chi connectivity index (χ2v) is 10.9. The van der Waals surface area contributed by atoms with Gasteiger partial charge in [-0.05, 0) is 0 Å². The van der Waals surface area contributed by atoms with Crippen LogP contribution in [-0.4, -0.2) is 129 Å². The molecule has 2 aliphatic heterocycles. The minimum atomic E-state index is -9.65. The monoisotopic (exact) mass is 836 g/mol. The van der Waals surface area contributed by atoms with Crippen LogP contribution in [0.5, 0.6) is 0 Å². The molecule has 0 radical (unpaired) electrons. The molecule has 0 spiro atoms. The van der Waals surface area contributed by atoms with Crippen LogP contribution in [0.1, 0.15) is 6.42 Å². The van der Waals surface area contributed by atoms with Crippen molar-refractivity contribution >= 4 is 0 Å².